The lowest BCUT2D eigenvalue weighted by Gasteiger charge is -2.23. The largest absolute Gasteiger partial charge is 0.502 e. The van der Waals surface area contributed by atoms with Gasteiger partial charge in [0.05, 0.1) is 12.9 Å². The molecule has 0 saturated carbocycles. The maximum atomic E-state index is 5.03. The van der Waals surface area contributed by atoms with Gasteiger partial charge in [0.25, 0.3) is 0 Å². The van der Waals surface area contributed by atoms with E-state index in [4.69, 9.17) is 4.74 Å². The summed E-state index contributed by atoms with van der Waals surface area (Å²) in [6.45, 7) is 7.58. The molecule has 1 fully saturated rings. The van der Waals surface area contributed by atoms with E-state index in [1.165, 1.54) is 32.1 Å². The van der Waals surface area contributed by atoms with Crippen LogP contribution in [-0.4, -0.2) is 32.3 Å². The molecule has 0 aliphatic carbocycles. The van der Waals surface area contributed by atoms with E-state index < -0.39 is 0 Å². The SMILES string of the molecule is C=COCCCNCC1CCCCN1. The summed E-state index contributed by atoms with van der Waals surface area (Å²) in [5.74, 6) is 0. The first kappa shape index (κ1) is 11.5. The minimum Gasteiger partial charge on any atom is -0.502 e. The Morgan fingerprint density at radius 2 is 2.43 bits per heavy atom. The van der Waals surface area contributed by atoms with Crippen molar-refractivity contribution in [3.63, 3.8) is 0 Å². The number of ether oxygens (including phenoxy) is 1. The summed E-state index contributed by atoms with van der Waals surface area (Å²) in [6, 6.07) is 0.684. The second kappa shape index (κ2) is 7.83. The van der Waals surface area contributed by atoms with Gasteiger partial charge in [-0.05, 0) is 32.4 Å². The van der Waals surface area contributed by atoms with Gasteiger partial charge < -0.3 is 15.4 Å². The first-order valence-corrected chi connectivity index (χ1v) is 5.60. The van der Waals surface area contributed by atoms with Crippen LogP contribution in [0.4, 0.5) is 0 Å². The number of hydrogen-bond acceptors (Lipinski definition) is 3. The average molecular weight is 198 g/mol. The molecule has 0 radical (unpaired) electrons. The van der Waals surface area contributed by atoms with E-state index in [1.54, 1.807) is 0 Å². The molecule has 3 heteroatoms. The summed E-state index contributed by atoms with van der Waals surface area (Å²) in [7, 11) is 0. The second-order valence-corrected chi connectivity index (χ2v) is 3.74. The van der Waals surface area contributed by atoms with Gasteiger partial charge in [0, 0.05) is 12.6 Å². The molecule has 1 atom stereocenters. The second-order valence-electron chi connectivity index (χ2n) is 3.74. The molecule has 0 spiro atoms. The standard InChI is InChI=1S/C11H22N2O/c1-2-14-9-5-7-12-10-11-6-3-4-8-13-11/h2,11-13H,1,3-10H2. The molecular weight excluding hydrogens is 176 g/mol. The lowest BCUT2D eigenvalue weighted by Crippen LogP contribution is -2.42. The van der Waals surface area contributed by atoms with Crippen LogP contribution < -0.4 is 10.6 Å². The number of nitrogens with one attached hydrogen (secondary N) is 2. The van der Waals surface area contributed by atoms with Gasteiger partial charge in [-0.25, -0.2) is 0 Å². The van der Waals surface area contributed by atoms with E-state index >= 15 is 0 Å². The smallest absolute Gasteiger partial charge is 0.0885 e. The molecule has 1 unspecified atom stereocenters. The molecule has 0 aromatic carbocycles. The van der Waals surface area contributed by atoms with Gasteiger partial charge >= 0.3 is 0 Å². The van der Waals surface area contributed by atoms with Crippen LogP contribution >= 0.6 is 0 Å². The zero-order chi connectivity index (χ0) is 10.1. The van der Waals surface area contributed by atoms with Gasteiger partial charge in [0.1, 0.15) is 0 Å². The van der Waals surface area contributed by atoms with Crippen LogP contribution in [0.3, 0.4) is 0 Å². The van der Waals surface area contributed by atoms with Crippen molar-refractivity contribution in [2.24, 2.45) is 0 Å². The van der Waals surface area contributed by atoms with Crippen molar-refractivity contribution in [1.82, 2.24) is 10.6 Å². The van der Waals surface area contributed by atoms with Crippen molar-refractivity contribution < 1.29 is 4.74 Å². The van der Waals surface area contributed by atoms with Crippen LogP contribution in [0, 0.1) is 0 Å². The summed E-state index contributed by atoms with van der Waals surface area (Å²) >= 11 is 0. The lowest BCUT2D eigenvalue weighted by molar-refractivity contribution is 0.243. The van der Waals surface area contributed by atoms with Gasteiger partial charge in [-0.3, -0.25) is 0 Å². The maximum absolute atomic E-state index is 5.03. The molecule has 2 N–H and O–H groups in total. The van der Waals surface area contributed by atoms with Gasteiger partial charge in [0.15, 0.2) is 0 Å². The van der Waals surface area contributed by atoms with E-state index in [2.05, 4.69) is 17.2 Å². The predicted molar refractivity (Wildman–Crippen MR) is 59.3 cm³/mol. The minimum absolute atomic E-state index is 0.684. The highest BCUT2D eigenvalue weighted by atomic mass is 16.5. The van der Waals surface area contributed by atoms with Gasteiger partial charge in [-0.1, -0.05) is 13.0 Å². The highest BCUT2D eigenvalue weighted by Gasteiger charge is 2.10. The van der Waals surface area contributed by atoms with Gasteiger partial charge in [-0.15, -0.1) is 0 Å². The molecule has 0 bridgehead atoms. The van der Waals surface area contributed by atoms with Crippen molar-refractivity contribution in [1.29, 1.82) is 0 Å². The quantitative estimate of drug-likeness (QED) is 0.477. The predicted octanol–water partition coefficient (Wildman–Crippen LogP) is 1.27. The average Bonchev–Trinajstić information content (AvgIpc) is 2.25. The van der Waals surface area contributed by atoms with Crippen molar-refractivity contribution >= 4 is 0 Å². The third-order valence-electron chi connectivity index (χ3n) is 2.54. The Balaban J connectivity index is 1.85. The van der Waals surface area contributed by atoms with E-state index in [0.29, 0.717) is 6.04 Å². The molecule has 3 nitrogen and oxygen atoms in total. The van der Waals surface area contributed by atoms with Crippen LogP contribution in [0.25, 0.3) is 0 Å². The van der Waals surface area contributed by atoms with Crippen molar-refractivity contribution in [3.05, 3.63) is 12.8 Å². The number of piperidine rings is 1. The van der Waals surface area contributed by atoms with E-state index in [-0.39, 0.29) is 0 Å². The summed E-state index contributed by atoms with van der Waals surface area (Å²) in [5.41, 5.74) is 0. The molecule has 0 aromatic rings. The van der Waals surface area contributed by atoms with E-state index in [0.717, 1.165) is 26.1 Å². The van der Waals surface area contributed by atoms with Crippen LogP contribution in [0.15, 0.2) is 12.8 Å². The highest BCUT2D eigenvalue weighted by Crippen LogP contribution is 2.05. The third-order valence-corrected chi connectivity index (χ3v) is 2.54. The molecule has 1 rings (SSSR count). The Labute approximate surface area is 86.9 Å². The van der Waals surface area contributed by atoms with Crippen LogP contribution in [-0.2, 0) is 4.74 Å². The van der Waals surface area contributed by atoms with Crippen molar-refractivity contribution in [2.45, 2.75) is 31.7 Å². The topological polar surface area (TPSA) is 33.3 Å². The van der Waals surface area contributed by atoms with E-state index in [1.807, 2.05) is 0 Å². The lowest BCUT2D eigenvalue weighted by atomic mass is 10.1. The molecule has 14 heavy (non-hydrogen) atoms. The molecule has 1 aliphatic rings. The van der Waals surface area contributed by atoms with Gasteiger partial charge in [-0.2, -0.15) is 0 Å². The third kappa shape index (κ3) is 5.25. The summed E-state index contributed by atoms with van der Waals surface area (Å²) in [5, 5.41) is 6.95. The van der Waals surface area contributed by atoms with E-state index in [9.17, 15) is 0 Å². The highest BCUT2D eigenvalue weighted by molar-refractivity contribution is 4.73. The summed E-state index contributed by atoms with van der Waals surface area (Å²) < 4.78 is 5.03. The molecule has 1 saturated heterocycles. The van der Waals surface area contributed by atoms with Crippen molar-refractivity contribution in [3.8, 4) is 0 Å². The normalized spacial score (nSPS) is 21.9. The molecule has 82 valence electrons. The Morgan fingerprint density at radius 1 is 1.50 bits per heavy atom. The molecule has 0 amide bonds. The van der Waals surface area contributed by atoms with Crippen LogP contribution in [0.2, 0.25) is 0 Å². The fourth-order valence-corrected chi connectivity index (χ4v) is 1.74. The zero-order valence-electron chi connectivity index (χ0n) is 8.93. The van der Waals surface area contributed by atoms with Crippen LogP contribution in [0.1, 0.15) is 25.7 Å². The monoisotopic (exact) mass is 198 g/mol. The molecule has 1 aliphatic heterocycles. The molecular formula is C11H22N2O. The van der Waals surface area contributed by atoms with Crippen LogP contribution in [0.5, 0.6) is 0 Å². The minimum atomic E-state index is 0.684. The Bertz CT molecular complexity index is 144. The fraction of sp³-hybridized carbons (Fsp3) is 0.818. The maximum Gasteiger partial charge on any atom is 0.0885 e. The first-order chi connectivity index (χ1) is 6.93. The van der Waals surface area contributed by atoms with Crippen molar-refractivity contribution in [2.75, 3.05) is 26.2 Å². The zero-order valence-corrected chi connectivity index (χ0v) is 8.93. The first-order valence-electron chi connectivity index (χ1n) is 5.60. The van der Waals surface area contributed by atoms with Gasteiger partial charge in [0.2, 0.25) is 0 Å². The number of hydrogen-bond donors (Lipinski definition) is 2. The molecule has 0 aromatic heterocycles. The molecule has 1 heterocycles. The Hall–Kier alpha value is -0.540. The number of rotatable bonds is 7. The Morgan fingerprint density at radius 3 is 3.14 bits per heavy atom. The Kier molecular flexibility index (Phi) is 6.45. The fourth-order valence-electron chi connectivity index (χ4n) is 1.74. The summed E-state index contributed by atoms with van der Waals surface area (Å²) in [4.78, 5) is 0. The summed E-state index contributed by atoms with van der Waals surface area (Å²) in [6.07, 6.45) is 6.58.